The summed E-state index contributed by atoms with van der Waals surface area (Å²) < 4.78 is 6.20. The molecule has 0 bridgehead atoms. The van der Waals surface area contributed by atoms with E-state index in [1.165, 1.54) is 4.90 Å². The molecule has 198 valence electrons. The lowest BCUT2D eigenvalue weighted by molar-refractivity contribution is -0.123. The number of benzene rings is 3. The average Bonchev–Trinajstić information content (AvgIpc) is 3.14. The maximum absolute atomic E-state index is 13.2. The molecule has 10 heteroatoms. The second-order valence-corrected chi connectivity index (χ2v) is 11.1. The van der Waals surface area contributed by atoms with Crippen molar-refractivity contribution >= 4 is 81.1 Å². The van der Waals surface area contributed by atoms with E-state index in [9.17, 15) is 9.59 Å². The van der Waals surface area contributed by atoms with Crippen molar-refractivity contribution in [2.75, 3.05) is 18.0 Å². The number of ether oxygens (including phenoxy) is 1. The van der Waals surface area contributed by atoms with Gasteiger partial charge in [0.15, 0.2) is 0 Å². The van der Waals surface area contributed by atoms with Crippen LogP contribution in [0.2, 0.25) is 20.1 Å². The van der Waals surface area contributed by atoms with Gasteiger partial charge in [-0.25, -0.2) is 0 Å². The van der Waals surface area contributed by atoms with Gasteiger partial charge in [-0.1, -0.05) is 58.5 Å². The van der Waals surface area contributed by atoms with Gasteiger partial charge in [-0.15, -0.1) is 0 Å². The summed E-state index contributed by atoms with van der Waals surface area (Å²) in [7, 11) is 0. The second kappa shape index (κ2) is 12.7. The summed E-state index contributed by atoms with van der Waals surface area (Å²) in [5, 5.41) is 1.54. The lowest BCUT2D eigenvalue weighted by Gasteiger charge is -2.22. The fraction of sp³-hybridized carbons (Fsp3) is 0.214. The van der Waals surface area contributed by atoms with Crippen LogP contribution in [0.5, 0.6) is 5.75 Å². The number of carbonyl (C=O) groups is 2. The number of hydrogen-bond acceptors (Lipinski definition) is 5. The van der Waals surface area contributed by atoms with E-state index in [1.807, 2.05) is 24.3 Å². The van der Waals surface area contributed by atoms with Crippen LogP contribution in [0.25, 0.3) is 6.08 Å². The van der Waals surface area contributed by atoms with E-state index in [-0.39, 0.29) is 18.4 Å². The smallest absolute Gasteiger partial charge is 0.293 e. The molecule has 3 aromatic carbocycles. The van der Waals surface area contributed by atoms with Gasteiger partial charge in [0.2, 0.25) is 0 Å². The van der Waals surface area contributed by atoms with Crippen LogP contribution < -0.4 is 9.64 Å². The predicted molar refractivity (Wildman–Crippen MR) is 159 cm³/mol. The number of carbonyl (C=O) groups excluding carboxylic acids is 2. The fourth-order valence-electron chi connectivity index (χ4n) is 3.94. The largest absolute Gasteiger partial charge is 0.488 e. The molecule has 1 fully saturated rings. The molecule has 0 aliphatic carbocycles. The molecule has 2 amide bonds. The highest BCUT2D eigenvalue weighted by atomic mass is 35.5. The number of nitrogens with zero attached hydrogens (tertiary/aromatic N) is 2. The van der Waals surface area contributed by atoms with Crippen molar-refractivity contribution < 1.29 is 14.3 Å². The van der Waals surface area contributed by atoms with Crippen LogP contribution >= 0.6 is 58.2 Å². The third-order valence-corrected chi connectivity index (χ3v) is 8.11. The zero-order valence-electron chi connectivity index (χ0n) is 20.6. The summed E-state index contributed by atoms with van der Waals surface area (Å²) in [6.07, 6.45) is 1.68. The molecule has 0 aromatic heterocycles. The van der Waals surface area contributed by atoms with Crippen molar-refractivity contribution in [1.82, 2.24) is 4.90 Å². The van der Waals surface area contributed by atoms with Gasteiger partial charge in [-0.2, -0.15) is 0 Å². The van der Waals surface area contributed by atoms with Crippen molar-refractivity contribution in [1.29, 1.82) is 0 Å². The molecule has 0 N–H and O–H groups in total. The zero-order chi connectivity index (χ0) is 27.4. The molecular weight excluding hydrogens is 586 g/mol. The standard InChI is InChI=1S/C28H24Cl4N2O3S/c1-3-33(4-2)22-10-7-17(25(14-22)37-16-19-6-9-21(30)13-24(19)32)11-26-27(35)34(28(36)38-26)15-18-5-8-20(29)12-23(18)31/h5-14H,3-4,15-16H2,1-2H3/b26-11-. The number of thioether (sulfide) groups is 1. The highest BCUT2D eigenvalue weighted by Gasteiger charge is 2.35. The van der Waals surface area contributed by atoms with Crippen molar-refractivity contribution in [2.45, 2.75) is 27.0 Å². The Morgan fingerprint density at radius 1 is 0.868 bits per heavy atom. The molecule has 0 unspecified atom stereocenters. The van der Waals surface area contributed by atoms with Crippen LogP contribution in [-0.4, -0.2) is 29.1 Å². The zero-order valence-corrected chi connectivity index (χ0v) is 24.5. The van der Waals surface area contributed by atoms with Gasteiger partial charge in [0, 0.05) is 56.1 Å². The highest BCUT2D eigenvalue weighted by Crippen LogP contribution is 2.37. The molecule has 4 rings (SSSR count). The SMILES string of the molecule is CCN(CC)c1ccc(/C=C2\SC(=O)N(Cc3ccc(Cl)cc3Cl)C2=O)c(OCc2ccc(Cl)cc2Cl)c1. The van der Waals surface area contributed by atoms with E-state index in [4.69, 9.17) is 51.1 Å². The number of rotatable bonds is 9. The normalized spacial score (nSPS) is 14.5. The van der Waals surface area contributed by atoms with Gasteiger partial charge in [-0.05, 0) is 73.6 Å². The molecule has 0 atom stereocenters. The monoisotopic (exact) mass is 608 g/mol. The number of halogens is 4. The topological polar surface area (TPSA) is 49.9 Å². The number of anilines is 1. The average molecular weight is 610 g/mol. The molecule has 0 saturated carbocycles. The highest BCUT2D eigenvalue weighted by molar-refractivity contribution is 8.18. The van der Waals surface area contributed by atoms with Crippen LogP contribution in [0.3, 0.4) is 0 Å². The van der Waals surface area contributed by atoms with Crippen molar-refractivity contribution in [2.24, 2.45) is 0 Å². The molecule has 0 radical (unpaired) electrons. The maximum atomic E-state index is 13.2. The summed E-state index contributed by atoms with van der Waals surface area (Å²) in [6.45, 7) is 6.06. The molecule has 1 aliphatic rings. The number of hydrogen-bond donors (Lipinski definition) is 0. The third-order valence-electron chi connectivity index (χ3n) is 6.03. The fourth-order valence-corrected chi connectivity index (χ4v) is 5.71. The van der Waals surface area contributed by atoms with Crippen LogP contribution in [0, 0.1) is 0 Å². The van der Waals surface area contributed by atoms with Gasteiger partial charge < -0.3 is 9.64 Å². The molecule has 1 aliphatic heterocycles. The maximum Gasteiger partial charge on any atom is 0.293 e. The Kier molecular flexibility index (Phi) is 9.55. The minimum Gasteiger partial charge on any atom is -0.488 e. The van der Waals surface area contributed by atoms with E-state index in [0.717, 1.165) is 36.1 Å². The van der Waals surface area contributed by atoms with Crippen LogP contribution in [-0.2, 0) is 17.9 Å². The minimum atomic E-state index is -0.398. The van der Waals surface area contributed by atoms with Gasteiger partial charge in [-0.3, -0.25) is 14.5 Å². The van der Waals surface area contributed by atoms with Crippen LogP contribution in [0.15, 0.2) is 59.5 Å². The first-order chi connectivity index (χ1) is 18.2. The quantitative estimate of drug-likeness (QED) is 0.227. The molecule has 1 saturated heterocycles. The Hall–Kier alpha value is -2.35. The first-order valence-electron chi connectivity index (χ1n) is 11.8. The van der Waals surface area contributed by atoms with Gasteiger partial charge >= 0.3 is 0 Å². The van der Waals surface area contributed by atoms with E-state index in [2.05, 4.69) is 18.7 Å². The van der Waals surface area contributed by atoms with E-state index >= 15 is 0 Å². The van der Waals surface area contributed by atoms with Crippen LogP contribution in [0.4, 0.5) is 10.5 Å². The van der Waals surface area contributed by atoms with Crippen molar-refractivity contribution in [3.8, 4) is 5.75 Å². The second-order valence-electron chi connectivity index (χ2n) is 8.42. The number of amides is 2. The summed E-state index contributed by atoms with van der Waals surface area (Å²) in [6, 6.07) is 16.0. The van der Waals surface area contributed by atoms with Crippen molar-refractivity contribution in [3.05, 3.63) is 96.3 Å². The summed E-state index contributed by atoms with van der Waals surface area (Å²) >= 11 is 25.5. The predicted octanol–water partition coefficient (Wildman–Crippen LogP) is 8.96. The molecule has 0 spiro atoms. The molecule has 3 aromatic rings. The van der Waals surface area contributed by atoms with Gasteiger partial charge in [0.05, 0.1) is 11.4 Å². The Balaban J connectivity index is 1.63. The lowest BCUT2D eigenvalue weighted by atomic mass is 10.1. The van der Waals surface area contributed by atoms with E-state index in [1.54, 1.807) is 36.4 Å². The van der Waals surface area contributed by atoms with Crippen molar-refractivity contribution in [3.63, 3.8) is 0 Å². The Bertz CT molecular complexity index is 1410. The third kappa shape index (κ3) is 6.61. The van der Waals surface area contributed by atoms with Gasteiger partial charge in [0.25, 0.3) is 11.1 Å². The Labute approximate surface area is 246 Å². The molecule has 5 nitrogen and oxygen atoms in total. The summed E-state index contributed by atoms with van der Waals surface area (Å²) in [5.41, 5.74) is 3.05. The Morgan fingerprint density at radius 2 is 1.50 bits per heavy atom. The molecule has 1 heterocycles. The summed E-state index contributed by atoms with van der Waals surface area (Å²) in [5.74, 6) is 0.165. The summed E-state index contributed by atoms with van der Waals surface area (Å²) in [4.78, 5) is 29.6. The Morgan fingerprint density at radius 3 is 2.11 bits per heavy atom. The first-order valence-corrected chi connectivity index (χ1v) is 14.2. The first kappa shape index (κ1) is 28.7. The number of imide groups is 1. The molecule has 38 heavy (non-hydrogen) atoms. The minimum absolute atomic E-state index is 0.0529. The van der Waals surface area contributed by atoms with Crippen LogP contribution in [0.1, 0.15) is 30.5 Å². The lowest BCUT2D eigenvalue weighted by Crippen LogP contribution is -2.27. The van der Waals surface area contributed by atoms with E-state index in [0.29, 0.717) is 41.9 Å². The van der Waals surface area contributed by atoms with Gasteiger partial charge in [0.1, 0.15) is 12.4 Å². The van der Waals surface area contributed by atoms with E-state index < -0.39 is 5.91 Å². The molecular formula is C28H24Cl4N2O3S.